The first-order valence-electron chi connectivity index (χ1n) is 5.10. The fraction of sp³-hybridized carbons (Fsp3) is 0.500. The second-order valence-electron chi connectivity index (χ2n) is 4.12. The first-order chi connectivity index (χ1) is 6.99. The molecule has 0 fully saturated rings. The van der Waals surface area contributed by atoms with Crippen LogP contribution in [0, 0.1) is 6.92 Å². The van der Waals surface area contributed by atoms with Gasteiger partial charge in [-0.15, -0.1) is 0 Å². The molecule has 0 bridgehead atoms. The molecule has 0 saturated carbocycles. The Morgan fingerprint density at radius 2 is 2.13 bits per heavy atom. The Bertz CT molecular complexity index is 325. The van der Waals surface area contributed by atoms with Crippen LogP contribution in [-0.2, 0) is 6.54 Å². The summed E-state index contributed by atoms with van der Waals surface area (Å²) in [4.78, 5) is 2.13. The van der Waals surface area contributed by atoms with Crippen molar-refractivity contribution >= 4 is 15.9 Å². The number of aliphatic hydroxyl groups excluding tert-OH is 1. The zero-order valence-corrected chi connectivity index (χ0v) is 11.1. The first-order valence-corrected chi connectivity index (χ1v) is 5.90. The molecular weight excluding hydrogens is 254 g/mol. The summed E-state index contributed by atoms with van der Waals surface area (Å²) in [6, 6.07) is 6.29. The van der Waals surface area contributed by atoms with Gasteiger partial charge in [-0.3, -0.25) is 4.90 Å². The van der Waals surface area contributed by atoms with E-state index in [0.29, 0.717) is 6.54 Å². The SMILES string of the molecule is Cc1cc(Br)ccc1CN(C)CC(C)O. The van der Waals surface area contributed by atoms with E-state index in [0.717, 1.165) is 11.0 Å². The molecule has 84 valence electrons. The molecule has 1 rings (SSSR count). The van der Waals surface area contributed by atoms with Crippen molar-refractivity contribution < 1.29 is 5.11 Å². The van der Waals surface area contributed by atoms with Crippen LogP contribution in [0.5, 0.6) is 0 Å². The minimum absolute atomic E-state index is 0.272. The van der Waals surface area contributed by atoms with Gasteiger partial charge in [-0.25, -0.2) is 0 Å². The molecule has 1 aromatic rings. The summed E-state index contributed by atoms with van der Waals surface area (Å²) in [7, 11) is 2.02. The van der Waals surface area contributed by atoms with E-state index in [1.54, 1.807) is 0 Å². The molecule has 3 heteroatoms. The first kappa shape index (κ1) is 12.7. The molecule has 2 nitrogen and oxygen atoms in total. The van der Waals surface area contributed by atoms with Crippen molar-refractivity contribution in [1.82, 2.24) is 4.90 Å². The van der Waals surface area contributed by atoms with Crippen LogP contribution in [-0.4, -0.2) is 29.7 Å². The molecule has 1 atom stereocenters. The molecule has 0 saturated heterocycles. The summed E-state index contributed by atoms with van der Waals surface area (Å²) in [5.74, 6) is 0. The number of halogens is 1. The van der Waals surface area contributed by atoms with E-state index in [2.05, 4.69) is 46.0 Å². The van der Waals surface area contributed by atoms with Crippen LogP contribution in [0.15, 0.2) is 22.7 Å². The number of hydrogen-bond acceptors (Lipinski definition) is 2. The summed E-state index contributed by atoms with van der Waals surface area (Å²) >= 11 is 3.45. The van der Waals surface area contributed by atoms with Crippen LogP contribution in [0.3, 0.4) is 0 Å². The maximum Gasteiger partial charge on any atom is 0.0639 e. The second kappa shape index (κ2) is 5.64. The van der Waals surface area contributed by atoms with Crippen molar-refractivity contribution in [2.24, 2.45) is 0 Å². The van der Waals surface area contributed by atoms with Crippen molar-refractivity contribution in [3.05, 3.63) is 33.8 Å². The number of aliphatic hydroxyl groups is 1. The molecule has 1 aromatic carbocycles. The lowest BCUT2D eigenvalue weighted by molar-refractivity contribution is 0.138. The lowest BCUT2D eigenvalue weighted by Gasteiger charge is -2.19. The van der Waals surface area contributed by atoms with Crippen LogP contribution < -0.4 is 0 Å². The molecule has 0 aliphatic rings. The van der Waals surface area contributed by atoms with Crippen LogP contribution >= 0.6 is 15.9 Å². The monoisotopic (exact) mass is 271 g/mol. The van der Waals surface area contributed by atoms with Gasteiger partial charge in [0.1, 0.15) is 0 Å². The number of hydrogen-bond donors (Lipinski definition) is 1. The molecule has 0 spiro atoms. The summed E-state index contributed by atoms with van der Waals surface area (Å²) in [6.45, 7) is 5.50. The highest BCUT2D eigenvalue weighted by Gasteiger charge is 2.05. The van der Waals surface area contributed by atoms with E-state index in [1.165, 1.54) is 11.1 Å². The lowest BCUT2D eigenvalue weighted by Crippen LogP contribution is -2.27. The van der Waals surface area contributed by atoms with Gasteiger partial charge in [0.25, 0.3) is 0 Å². The molecule has 0 aliphatic carbocycles. The Hall–Kier alpha value is -0.380. The van der Waals surface area contributed by atoms with Gasteiger partial charge in [-0.2, -0.15) is 0 Å². The zero-order valence-electron chi connectivity index (χ0n) is 9.50. The third kappa shape index (κ3) is 4.33. The zero-order chi connectivity index (χ0) is 11.4. The molecule has 0 radical (unpaired) electrons. The van der Waals surface area contributed by atoms with Crippen LogP contribution in [0.1, 0.15) is 18.1 Å². The molecule has 1 unspecified atom stereocenters. The molecule has 0 heterocycles. The molecule has 0 amide bonds. The van der Waals surface area contributed by atoms with E-state index in [9.17, 15) is 5.11 Å². The second-order valence-corrected chi connectivity index (χ2v) is 5.03. The third-order valence-corrected chi connectivity index (χ3v) is 2.81. The van der Waals surface area contributed by atoms with Crippen LogP contribution in [0.25, 0.3) is 0 Å². The number of benzene rings is 1. The Balaban J connectivity index is 2.64. The molecule has 15 heavy (non-hydrogen) atoms. The highest BCUT2D eigenvalue weighted by molar-refractivity contribution is 9.10. The number of nitrogens with zero attached hydrogens (tertiary/aromatic N) is 1. The maximum atomic E-state index is 9.27. The van der Waals surface area contributed by atoms with Gasteiger partial charge >= 0.3 is 0 Å². The highest BCUT2D eigenvalue weighted by atomic mass is 79.9. The summed E-state index contributed by atoms with van der Waals surface area (Å²) in [6.07, 6.45) is -0.272. The number of aryl methyl sites for hydroxylation is 1. The van der Waals surface area contributed by atoms with Crippen molar-refractivity contribution in [1.29, 1.82) is 0 Å². The lowest BCUT2D eigenvalue weighted by atomic mass is 10.1. The van der Waals surface area contributed by atoms with E-state index >= 15 is 0 Å². The summed E-state index contributed by atoms with van der Waals surface area (Å²) < 4.78 is 1.11. The Kier molecular flexibility index (Phi) is 4.77. The number of likely N-dealkylation sites (N-methyl/N-ethyl adjacent to an activating group) is 1. The highest BCUT2D eigenvalue weighted by Crippen LogP contribution is 2.16. The summed E-state index contributed by atoms with van der Waals surface area (Å²) in [5.41, 5.74) is 2.59. The van der Waals surface area contributed by atoms with E-state index in [4.69, 9.17) is 0 Å². The van der Waals surface area contributed by atoms with Gasteiger partial charge in [0.15, 0.2) is 0 Å². The van der Waals surface area contributed by atoms with Gasteiger partial charge in [-0.05, 0) is 44.2 Å². The largest absolute Gasteiger partial charge is 0.392 e. The van der Waals surface area contributed by atoms with Crippen molar-refractivity contribution in [3.8, 4) is 0 Å². The van der Waals surface area contributed by atoms with Crippen molar-refractivity contribution in [2.75, 3.05) is 13.6 Å². The topological polar surface area (TPSA) is 23.5 Å². The Morgan fingerprint density at radius 3 is 2.67 bits per heavy atom. The average Bonchev–Trinajstić information content (AvgIpc) is 2.08. The smallest absolute Gasteiger partial charge is 0.0639 e. The molecule has 1 N–H and O–H groups in total. The summed E-state index contributed by atoms with van der Waals surface area (Å²) in [5, 5.41) is 9.27. The van der Waals surface area contributed by atoms with Crippen molar-refractivity contribution in [3.63, 3.8) is 0 Å². The van der Waals surface area contributed by atoms with Gasteiger partial charge < -0.3 is 5.11 Å². The minimum Gasteiger partial charge on any atom is -0.392 e. The van der Waals surface area contributed by atoms with Crippen LogP contribution in [0.4, 0.5) is 0 Å². The fourth-order valence-corrected chi connectivity index (χ4v) is 2.12. The molecular formula is C12H18BrNO. The van der Waals surface area contributed by atoms with Crippen molar-refractivity contribution in [2.45, 2.75) is 26.5 Å². The standard InChI is InChI=1S/C12H18BrNO/c1-9-6-12(13)5-4-11(9)8-14(3)7-10(2)15/h4-6,10,15H,7-8H2,1-3H3. The molecule has 0 aromatic heterocycles. The van der Waals surface area contributed by atoms with Crippen LogP contribution in [0.2, 0.25) is 0 Å². The molecule has 0 aliphatic heterocycles. The van der Waals surface area contributed by atoms with E-state index in [1.807, 2.05) is 14.0 Å². The van der Waals surface area contributed by atoms with E-state index < -0.39 is 0 Å². The normalized spacial score (nSPS) is 13.2. The predicted molar refractivity (Wildman–Crippen MR) is 66.9 cm³/mol. The third-order valence-electron chi connectivity index (χ3n) is 2.32. The Labute approximate surface area is 100 Å². The minimum atomic E-state index is -0.272. The fourth-order valence-electron chi connectivity index (χ4n) is 1.64. The quantitative estimate of drug-likeness (QED) is 0.910. The predicted octanol–water partition coefficient (Wildman–Crippen LogP) is 2.57. The van der Waals surface area contributed by atoms with Gasteiger partial charge in [-0.1, -0.05) is 22.0 Å². The van der Waals surface area contributed by atoms with Gasteiger partial charge in [0, 0.05) is 17.6 Å². The van der Waals surface area contributed by atoms with Gasteiger partial charge in [0.05, 0.1) is 6.10 Å². The van der Waals surface area contributed by atoms with Gasteiger partial charge in [0.2, 0.25) is 0 Å². The number of rotatable bonds is 4. The Morgan fingerprint density at radius 1 is 1.47 bits per heavy atom. The average molecular weight is 272 g/mol. The van der Waals surface area contributed by atoms with E-state index in [-0.39, 0.29) is 6.10 Å². The maximum absolute atomic E-state index is 9.27.